The first-order valence-corrected chi connectivity index (χ1v) is 7.74. The van der Waals surface area contributed by atoms with Gasteiger partial charge >= 0.3 is 0 Å². The zero-order valence-electron chi connectivity index (χ0n) is 10.1. The van der Waals surface area contributed by atoms with Crippen LogP contribution in [0, 0.1) is 5.41 Å². The van der Waals surface area contributed by atoms with Crippen LogP contribution >= 0.6 is 27.3 Å². The number of halogens is 1. The van der Waals surface area contributed by atoms with Crippen molar-refractivity contribution in [2.24, 2.45) is 5.41 Å². The minimum atomic E-state index is -0.132. The highest BCUT2D eigenvalue weighted by Gasteiger charge is 2.34. The molecule has 1 aromatic heterocycles. The highest BCUT2D eigenvalue weighted by molar-refractivity contribution is 9.11. The molecule has 17 heavy (non-hydrogen) atoms. The zero-order valence-corrected chi connectivity index (χ0v) is 12.5. The van der Waals surface area contributed by atoms with Crippen LogP contribution in [0.5, 0.6) is 0 Å². The molecule has 0 atom stereocenters. The highest BCUT2D eigenvalue weighted by atomic mass is 79.9. The Morgan fingerprint density at radius 3 is 2.71 bits per heavy atom. The average molecular weight is 316 g/mol. The van der Waals surface area contributed by atoms with Gasteiger partial charge in [-0.3, -0.25) is 4.79 Å². The second kappa shape index (κ2) is 5.53. The minimum Gasteiger partial charge on any atom is -0.351 e. The molecule has 2 rings (SSSR count). The van der Waals surface area contributed by atoms with Crippen LogP contribution in [0.1, 0.15) is 43.9 Å². The van der Waals surface area contributed by atoms with Crippen molar-refractivity contribution < 1.29 is 4.79 Å². The first kappa shape index (κ1) is 13.1. The number of thiophene rings is 1. The normalized spacial score (nSPS) is 18.9. The van der Waals surface area contributed by atoms with Gasteiger partial charge in [-0.05, 0) is 40.9 Å². The lowest BCUT2D eigenvalue weighted by Crippen LogP contribution is -2.39. The summed E-state index contributed by atoms with van der Waals surface area (Å²) in [6.07, 6.45) is 5.73. The van der Waals surface area contributed by atoms with Crippen LogP contribution in [-0.2, 0) is 11.3 Å². The lowest BCUT2D eigenvalue weighted by atomic mass is 9.75. The molecule has 4 heteroatoms. The molecule has 2 nitrogen and oxygen atoms in total. The number of carbonyl (C=O) groups is 1. The van der Waals surface area contributed by atoms with Crippen molar-refractivity contribution in [3.63, 3.8) is 0 Å². The van der Waals surface area contributed by atoms with Gasteiger partial charge in [-0.25, -0.2) is 0 Å². The van der Waals surface area contributed by atoms with Crippen molar-refractivity contribution in [1.29, 1.82) is 0 Å². The molecule has 0 unspecified atom stereocenters. The predicted molar refractivity (Wildman–Crippen MR) is 75.1 cm³/mol. The number of nitrogens with one attached hydrogen (secondary N) is 1. The lowest BCUT2D eigenvalue weighted by molar-refractivity contribution is -0.132. The summed E-state index contributed by atoms with van der Waals surface area (Å²) < 4.78 is 1.12. The van der Waals surface area contributed by atoms with Gasteiger partial charge in [0.25, 0.3) is 0 Å². The summed E-state index contributed by atoms with van der Waals surface area (Å²) >= 11 is 5.11. The van der Waals surface area contributed by atoms with Crippen LogP contribution in [0.25, 0.3) is 0 Å². The fourth-order valence-electron chi connectivity index (χ4n) is 2.39. The van der Waals surface area contributed by atoms with E-state index in [-0.39, 0.29) is 11.3 Å². The maximum atomic E-state index is 12.2. The Kier molecular flexibility index (Phi) is 4.26. The second-order valence-corrected chi connectivity index (χ2v) is 7.56. The van der Waals surface area contributed by atoms with Crippen LogP contribution in [-0.4, -0.2) is 5.91 Å². The van der Waals surface area contributed by atoms with Gasteiger partial charge in [-0.2, -0.15) is 0 Å². The molecule has 1 fully saturated rings. The SMILES string of the molecule is CC1(C(=O)NCc2ccc(Br)s2)CCCCC1. The van der Waals surface area contributed by atoms with Crippen molar-refractivity contribution in [3.05, 3.63) is 20.8 Å². The second-order valence-electron chi connectivity index (χ2n) is 5.01. The molecular formula is C13H18BrNOS. The molecule has 1 amide bonds. The molecule has 1 heterocycles. The fourth-order valence-corrected chi connectivity index (χ4v) is 3.81. The first-order chi connectivity index (χ1) is 8.10. The molecule has 0 radical (unpaired) electrons. The largest absolute Gasteiger partial charge is 0.351 e. The van der Waals surface area contributed by atoms with Gasteiger partial charge in [0.2, 0.25) is 5.91 Å². The quantitative estimate of drug-likeness (QED) is 0.894. The van der Waals surface area contributed by atoms with E-state index in [1.807, 2.05) is 6.07 Å². The standard InChI is InChI=1S/C13H18BrNOS/c1-13(7-3-2-4-8-13)12(16)15-9-10-5-6-11(14)17-10/h5-6H,2-4,7-9H2,1H3,(H,15,16). The number of carbonyl (C=O) groups excluding carboxylic acids is 1. The van der Waals surface area contributed by atoms with Gasteiger partial charge in [0.05, 0.1) is 10.3 Å². The number of hydrogen-bond acceptors (Lipinski definition) is 2. The smallest absolute Gasteiger partial charge is 0.226 e. The van der Waals surface area contributed by atoms with E-state index in [4.69, 9.17) is 0 Å². The first-order valence-electron chi connectivity index (χ1n) is 6.13. The van der Waals surface area contributed by atoms with Crippen molar-refractivity contribution in [2.75, 3.05) is 0 Å². The van der Waals surface area contributed by atoms with E-state index in [0.717, 1.165) is 16.6 Å². The number of rotatable bonds is 3. The van der Waals surface area contributed by atoms with Crippen LogP contribution in [0.4, 0.5) is 0 Å². The van der Waals surface area contributed by atoms with Crippen molar-refractivity contribution in [2.45, 2.75) is 45.6 Å². The minimum absolute atomic E-state index is 0.132. The van der Waals surface area contributed by atoms with E-state index in [0.29, 0.717) is 6.54 Å². The Bertz CT molecular complexity index is 396. The molecule has 0 aliphatic heterocycles. The molecule has 1 aliphatic rings. The summed E-state index contributed by atoms with van der Waals surface area (Å²) in [7, 11) is 0. The molecule has 1 saturated carbocycles. The van der Waals surface area contributed by atoms with Crippen molar-refractivity contribution in [1.82, 2.24) is 5.32 Å². The Morgan fingerprint density at radius 1 is 1.41 bits per heavy atom. The number of amides is 1. The van der Waals surface area contributed by atoms with E-state index in [2.05, 4.69) is 34.2 Å². The van der Waals surface area contributed by atoms with Crippen molar-refractivity contribution in [3.8, 4) is 0 Å². The third-order valence-electron chi connectivity index (χ3n) is 3.56. The molecule has 0 spiro atoms. The average Bonchev–Trinajstić information content (AvgIpc) is 2.73. The van der Waals surface area contributed by atoms with E-state index in [9.17, 15) is 4.79 Å². The summed E-state index contributed by atoms with van der Waals surface area (Å²) in [5.74, 6) is 0.224. The van der Waals surface area contributed by atoms with Crippen LogP contribution < -0.4 is 5.32 Å². The Balaban J connectivity index is 1.88. The highest BCUT2D eigenvalue weighted by Crippen LogP contribution is 2.36. The number of hydrogen-bond donors (Lipinski definition) is 1. The zero-order chi connectivity index (χ0) is 12.3. The Morgan fingerprint density at radius 2 is 2.12 bits per heavy atom. The van der Waals surface area contributed by atoms with Gasteiger partial charge in [0.15, 0.2) is 0 Å². The molecule has 0 saturated heterocycles. The van der Waals surface area contributed by atoms with Gasteiger partial charge in [0.1, 0.15) is 0 Å². The Labute approximate surface area is 115 Å². The van der Waals surface area contributed by atoms with E-state index >= 15 is 0 Å². The summed E-state index contributed by atoms with van der Waals surface area (Å²) in [4.78, 5) is 13.4. The van der Waals surface area contributed by atoms with Gasteiger partial charge < -0.3 is 5.32 Å². The summed E-state index contributed by atoms with van der Waals surface area (Å²) in [6, 6.07) is 4.08. The van der Waals surface area contributed by atoms with Crippen LogP contribution in [0.15, 0.2) is 15.9 Å². The lowest BCUT2D eigenvalue weighted by Gasteiger charge is -2.31. The molecule has 1 aromatic rings. The fraction of sp³-hybridized carbons (Fsp3) is 0.615. The Hall–Kier alpha value is -0.350. The van der Waals surface area contributed by atoms with E-state index in [1.165, 1.54) is 24.1 Å². The maximum Gasteiger partial charge on any atom is 0.226 e. The summed E-state index contributed by atoms with van der Waals surface area (Å²) in [6.45, 7) is 2.76. The van der Waals surface area contributed by atoms with Gasteiger partial charge in [-0.15, -0.1) is 11.3 Å². The topological polar surface area (TPSA) is 29.1 Å². The monoisotopic (exact) mass is 315 g/mol. The van der Waals surface area contributed by atoms with E-state index < -0.39 is 0 Å². The predicted octanol–water partition coefficient (Wildman–Crippen LogP) is 4.10. The molecular weight excluding hydrogens is 298 g/mol. The molecule has 1 N–H and O–H groups in total. The molecule has 0 aromatic carbocycles. The third-order valence-corrected chi connectivity index (χ3v) is 5.18. The summed E-state index contributed by atoms with van der Waals surface area (Å²) in [5.41, 5.74) is -0.132. The van der Waals surface area contributed by atoms with E-state index in [1.54, 1.807) is 11.3 Å². The third kappa shape index (κ3) is 3.32. The van der Waals surface area contributed by atoms with Crippen molar-refractivity contribution >= 4 is 33.2 Å². The molecule has 0 bridgehead atoms. The molecule has 1 aliphatic carbocycles. The maximum absolute atomic E-state index is 12.2. The molecule has 94 valence electrons. The van der Waals surface area contributed by atoms with Gasteiger partial charge in [0, 0.05) is 10.3 Å². The summed E-state index contributed by atoms with van der Waals surface area (Å²) in [5, 5.41) is 3.07. The van der Waals surface area contributed by atoms with Gasteiger partial charge in [-0.1, -0.05) is 26.2 Å². The van der Waals surface area contributed by atoms with Crippen LogP contribution in [0.3, 0.4) is 0 Å². The van der Waals surface area contributed by atoms with Crippen LogP contribution in [0.2, 0.25) is 0 Å².